The van der Waals surface area contributed by atoms with E-state index in [9.17, 15) is 9.59 Å². The number of rotatable bonds is 14. The van der Waals surface area contributed by atoms with Gasteiger partial charge in [0.1, 0.15) is 11.5 Å². The molecule has 2 rings (SSSR count). The van der Waals surface area contributed by atoms with Gasteiger partial charge in [-0.3, -0.25) is 9.59 Å². The molecule has 4 nitrogen and oxygen atoms in total. The molecule has 0 aliphatic rings. The fourth-order valence-electron chi connectivity index (χ4n) is 2.97. The number of Topliss-reactive ketones (excluding diaryl/α,β-unsaturated/α-hetero) is 2. The second kappa shape index (κ2) is 13.2. The maximum atomic E-state index is 12.6. The van der Waals surface area contributed by atoms with Gasteiger partial charge in [0, 0.05) is 11.8 Å². The molecule has 0 radical (unpaired) electrons. The summed E-state index contributed by atoms with van der Waals surface area (Å²) in [5.74, 6) is 1.42. The maximum absolute atomic E-state index is 12.6. The van der Waals surface area contributed by atoms with E-state index >= 15 is 0 Å². The number of para-hydroxylation sites is 2. The molecule has 0 aromatic heterocycles. The van der Waals surface area contributed by atoms with Gasteiger partial charge in [-0.25, -0.2) is 0 Å². The van der Waals surface area contributed by atoms with E-state index in [0.29, 0.717) is 42.3 Å². The zero-order valence-electron chi connectivity index (χ0n) is 17.0. The number of benzene rings is 2. The highest BCUT2D eigenvalue weighted by Gasteiger charge is 2.12. The number of ether oxygens (including phenoxy) is 2. The van der Waals surface area contributed by atoms with E-state index in [1.54, 1.807) is 6.07 Å². The Morgan fingerprint density at radius 2 is 1.31 bits per heavy atom. The Bertz CT molecular complexity index is 788. The molecular weight excluding hydrogens is 432 g/mol. The molecular formula is C24H29BrO4. The fraction of sp³-hybridized carbons (Fsp3) is 0.417. The number of hydrogen-bond donors (Lipinski definition) is 0. The summed E-state index contributed by atoms with van der Waals surface area (Å²) in [6, 6.07) is 14.8. The minimum atomic E-state index is -0.000671. The van der Waals surface area contributed by atoms with Crippen LogP contribution in [0.15, 0.2) is 48.5 Å². The lowest BCUT2D eigenvalue weighted by atomic mass is 10.0. The number of halogens is 1. The van der Waals surface area contributed by atoms with Crippen molar-refractivity contribution in [2.75, 3.05) is 18.5 Å². The van der Waals surface area contributed by atoms with Gasteiger partial charge in [-0.15, -0.1) is 0 Å². The molecule has 5 heteroatoms. The molecule has 0 fully saturated rings. The number of alkyl halides is 1. The van der Waals surface area contributed by atoms with Crippen LogP contribution in [0.5, 0.6) is 11.5 Å². The van der Waals surface area contributed by atoms with Crippen LogP contribution in [-0.2, 0) is 0 Å². The van der Waals surface area contributed by atoms with E-state index in [0.717, 1.165) is 37.4 Å². The molecule has 0 aliphatic heterocycles. The summed E-state index contributed by atoms with van der Waals surface area (Å²) in [6.07, 6.45) is 5.03. The first-order chi connectivity index (χ1) is 14.1. The van der Waals surface area contributed by atoms with Gasteiger partial charge in [-0.2, -0.15) is 0 Å². The Kier molecular flexibility index (Phi) is 10.5. The van der Waals surface area contributed by atoms with Gasteiger partial charge >= 0.3 is 0 Å². The van der Waals surface area contributed by atoms with Crippen molar-refractivity contribution in [3.8, 4) is 11.5 Å². The van der Waals surface area contributed by atoms with Crippen LogP contribution in [0.25, 0.3) is 0 Å². The predicted octanol–water partition coefficient (Wildman–Crippen LogP) is 6.27. The smallest absolute Gasteiger partial charge is 0.166 e. The van der Waals surface area contributed by atoms with Gasteiger partial charge in [-0.1, -0.05) is 40.2 Å². The molecule has 0 unspecified atom stereocenters. The predicted molar refractivity (Wildman–Crippen MR) is 120 cm³/mol. The van der Waals surface area contributed by atoms with Crippen LogP contribution in [0.3, 0.4) is 0 Å². The summed E-state index contributed by atoms with van der Waals surface area (Å²) in [4.78, 5) is 24.2. The van der Waals surface area contributed by atoms with Gasteiger partial charge in [-0.05, 0) is 63.3 Å². The van der Waals surface area contributed by atoms with Crippen molar-refractivity contribution in [3.05, 3.63) is 59.7 Å². The Morgan fingerprint density at radius 1 is 0.759 bits per heavy atom. The standard InChI is InChI=1S/C24H29BrO4/c1-19(26)20-11-4-6-14-23(20)28-17-9-2-3-13-22(27)21-12-5-7-15-24(21)29-18-10-8-16-25/h4-7,11-12,14-15H,2-3,8-10,13,16-18H2,1H3. The lowest BCUT2D eigenvalue weighted by molar-refractivity contribution is 0.0971. The van der Waals surface area contributed by atoms with Crippen molar-refractivity contribution < 1.29 is 19.1 Å². The van der Waals surface area contributed by atoms with Crippen molar-refractivity contribution in [1.29, 1.82) is 0 Å². The van der Waals surface area contributed by atoms with Gasteiger partial charge in [0.05, 0.1) is 24.3 Å². The molecule has 2 aromatic rings. The number of carbonyl (C=O) groups excluding carboxylic acids is 2. The Labute approximate surface area is 181 Å². The van der Waals surface area contributed by atoms with Crippen molar-refractivity contribution in [3.63, 3.8) is 0 Å². The van der Waals surface area contributed by atoms with Crippen LogP contribution in [0.2, 0.25) is 0 Å². The number of carbonyl (C=O) groups is 2. The average molecular weight is 461 g/mol. The molecule has 0 heterocycles. The third-order valence-electron chi connectivity index (χ3n) is 4.55. The lowest BCUT2D eigenvalue weighted by Crippen LogP contribution is -2.06. The van der Waals surface area contributed by atoms with E-state index in [2.05, 4.69) is 15.9 Å². The van der Waals surface area contributed by atoms with E-state index in [4.69, 9.17) is 9.47 Å². The normalized spacial score (nSPS) is 10.6. The fourth-order valence-corrected chi connectivity index (χ4v) is 3.36. The van der Waals surface area contributed by atoms with Crippen LogP contribution in [0.1, 0.15) is 66.2 Å². The Hall–Kier alpha value is -2.14. The van der Waals surface area contributed by atoms with Crippen molar-refractivity contribution in [2.45, 2.75) is 45.4 Å². The molecule has 0 N–H and O–H groups in total. The van der Waals surface area contributed by atoms with Crippen LogP contribution in [-0.4, -0.2) is 30.1 Å². The molecule has 0 spiro atoms. The number of ketones is 2. The topological polar surface area (TPSA) is 52.6 Å². The van der Waals surface area contributed by atoms with Gasteiger partial charge < -0.3 is 9.47 Å². The Morgan fingerprint density at radius 3 is 1.93 bits per heavy atom. The summed E-state index contributed by atoms with van der Waals surface area (Å²) in [5, 5.41) is 0.959. The molecule has 0 bridgehead atoms. The second-order valence-electron chi connectivity index (χ2n) is 6.88. The highest BCUT2D eigenvalue weighted by molar-refractivity contribution is 9.09. The molecule has 0 atom stereocenters. The van der Waals surface area contributed by atoms with E-state index in [1.807, 2.05) is 42.5 Å². The number of hydrogen-bond acceptors (Lipinski definition) is 4. The zero-order valence-corrected chi connectivity index (χ0v) is 18.6. The van der Waals surface area contributed by atoms with Gasteiger partial charge in [0.2, 0.25) is 0 Å². The molecule has 0 saturated heterocycles. The highest BCUT2D eigenvalue weighted by atomic mass is 79.9. The van der Waals surface area contributed by atoms with E-state index in [1.165, 1.54) is 6.92 Å². The van der Waals surface area contributed by atoms with Crippen molar-refractivity contribution in [1.82, 2.24) is 0 Å². The summed E-state index contributed by atoms with van der Waals surface area (Å²) < 4.78 is 11.5. The molecule has 0 amide bonds. The quantitative estimate of drug-likeness (QED) is 0.189. The average Bonchev–Trinajstić information content (AvgIpc) is 2.74. The van der Waals surface area contributed by atoms with Crippen molar-refractivity contribution >= 4 is 27.5 Å². The lowest BCUT2D eigenvalue weighted by Gasteiger charge is -2.11. The largest absolute Gasteiger partial charge is 0.493 e. The maximum Gasteiger partial charge on any atom is 0.166 e. The Balaban J connectivity index is 1.72. The third-order valence-corrected chi connectivity index (χ3v) is 5.11. The van der Waals surface area contributed by atoms with Gasteiger partial charge in [0.25, 0.3) is 0 Å². The first-order valence-corrected chi connectivity index (χ1v) is 11.3. The minimum absolute atomic E-state index is 0.000671. The molecule has 0 aliphatic carbocycles. The van der Waals surface area contributed by atoms with Crippen LogP contribution in [0, 0.1) is 0 Å². The van der Waals surface area contributed by atoms with E-state index < -0.39 is 0 Å². The van der Waals surface area contributed by atoms with Crippen LogP contribution >= 0.6 is 15.9 Å². The summed E-state index contributed by atoms with van der Waals surface area (Å²) in [5.41, 5.74) is 1.27. The minimum Gasteiger partial charge on any atom is -0.493 e. The zero-order chi connectivity index (χ0) is 20.9. The first-order valence-electron chi connectivity index (χ1n) is 10.2. The monoisotopic (exact) mass is 460 g/mol. The molecule has 2 aromatic carbocycles. The number of unbranched alkanes of at least 4 members (excludes halogenated alkanes) is 3. The van der Waals surface area contributed by atoms with Crippen LogP contribution < -0.4 is 9.47 Å². The third kappa shape index (κ3) is 8.01. The van der Waals surface area contributed by atoms with Crippen LogP contribution in [0.4, 0.5) is 0 Å². The molecule has 156 valence electrons. The van der Waals surface area contributed by atoms with E-state index in [-0.39, 0.29) is 11.6 Å². The molecule has 29 heavy (non-hydrogen) atoms. The van der Waals surface area contributed by atoms with Gasteiger partial charge in [0.15, 0.2) is 11.6 Å². The summed E-state index contributed by atoms with van der Waals surface area (Å²) in [7, 11) is 0. The highest BCUT2D eigenvalue weighted by Crippen LogP contribution is 2.22. The van der Waals surface area contributed by atoms with Crippen molar-refractivity contribution in [2.24, 2.45) is 0 Å². The SMILES string of the molecule is CC(=O)c1ccccc1OCCCCCC(=O)c1ccccc1OCCCCBr. The first kappa shape index (κ1) is 23.1. The second-order valence-corrected chi connectivity index (χ2v) is 7.67. The summed E-state index contributed by atoms with van der Waals surface area (Å²) in [6.45, 7) is 2.69. The molecule has 0 saturated carbocycles. The summed E-state index contributed by atoms with van der Waals surface area (Å²) >= 11 is 3.41.